The highest BCUT2D eigenvalue weighted by Gasteiger charge is 2.38. The van der Waals surface area contributed by atoms with E-state index in [1.165, 1.54) is 6.92 Å². The van der Waals surface area contributed by atoms with Gasteiger partial charge in [-0.2, -0.15) is 0 Å². The van der Waals surface area contributed by atoms with Gasteiger partial charge in [-0.05, 0) is 28.9 Å². The third kappa shape index (κ3) is 2.24. The lowest BCUT2D eigenvalue weighted by Crippen LogP contribution is -2.28. The first kappa shape index (κ1) is 12.9. The normalized spacial score (nSPS) is 22.1. The summed E-state index contributed by atoms with van der Waals surface area (Å²) in [6.07, 6.45) is 0. The fraction of sp³-hybridized carbons (Fsp3) is 0.455. The molecular formula is C11H13BrNO3P. The molecule has 0 radical (unpaired) electrons. The van der Waals surface area contributed by atoms with E-state index in [1.807, 2.05) is 6.92 Å². The topological polar surface area (TPSA) is 48.4 Å². The molecule has 17 heavy (non-hydrogen) atoms. The lowest BCUT2D eigenvalue weighted by molar-refractivity contribution is 0.101. The van der Waals surface area contributed by atoms with E-state index in [0.29, 0.717) is 29.3 Å². The number of aromatic nitrogens is 1. The van der Waals surface area contributed by atoms with Crippen molar-refractivity contribution in [1.29, 1.82) is 0 Å². The first-order valence-electron chi connectivity index (χ1n) is 5.14. The van der Waals surface area contributed by atoms with Crippen LogP contribution in [0.1, 0.15) is 29.9 Å². The SMILES string of the molecule is CC(=O)c1cc2c(c(Br)n1)OC[C@]2(C)COP. The first-order valence-corrected chi connectivity index (χ1v) is 6.41. The second-order valence-corrected chi connectivity index (χ2v) is 5.48. The molecule has 0 spiro atoms. The summed E-state index contributed by atoms with van der Waals surface area (Å²) in [7, 11) is 2.24. The average molecular weight is 318 g/mol. The van der Waals surface area contributed by atoms with Crippen molar-refractivity contribution in [3.63, 3.8) is 0 Å². The average Bonchev–Trinajstić information content (AvgIpc) is 2.57. The Balaban J connectivity index is 2.54. The molecule has 0 bridgehead atoms. The van der Waals surface area contributed by atoms with Crippen molar-refractivity contribution in [2.45, 2.75) is 19.3 Å². The number of ketones is 1. The van der Waals surface area contributed by atoms with Gasteiger partial charge in [0.15, 0.2) is 11.5 Å². The molecule has 4 nitrogen and oxygen atoms in total. The summed E-state index contributed by atoms with van der Waals surface area (Å²) in [6, 6.07) is 1.79. The van der Waals surface area contributed by atoms with Crippen molar-refractivity contribution in [3.05, 3.63) is 21.9 Å². The van der Waals surface area contributed by atoms with Crippen LogP contribution in [0.3, 0.4) is 0 Å². The van der Waals surface area contributed by atoms with Gasteiger partial charge in [0.2, 0.25) is 0 Å². The molecule has 0 aliphatic carbocycles. The molecule has 1 aliphatic rings. The van der Waals surface area contributed by atoms with E-state index in [0.717, 1.165) is 5.56 Å². The fourth-order valence-electron chi connectivity index (χ4n) is 1.88. The molecular weight excluding hydrogens is 305 g/mol. The molecule has 6 heteroatoms. The molecule has 1 aliphatic heterocycles. The van der Waals surface area contributed by atoms with Crippen molar-refractivity contribution < 1.29 is 14.1 Å². The molecule has 0 saturated carbocycles. The summed E-state index contributed by atoms with van der Waals surface area (Å²) in [4.78, 5) is 15.6. The Morgan fingerprint density at radius 1 is 1.76 bits per heavy atom. The Morgan fingerprint density at radius 2 is 2.47 bits per heavy atom. The molecule has 0 N–H and O–H groups in total. The van der Waals surface area contributed by atoms with Crippen molar-refractivity contribution in [3.8, 4) is 5.75 Å². The lowest BCUT2D eigenvalue weighted by Gasteiger charge is -2.21. The molecule has 0 saturated heterocycles. The molecule has 0 amide bonds. The maximum atomic E-state index is 11.4. The molecule has 0 fully saturated rings. The Bertz CT molecular complexity index is 480. The number of fused-ring (bicyclic) bond motifs is 1. The van der Waals surface area contributed by atoms with Crippen LogP contribution in [0.25, 0.3) is 0 Å². The van der Waals surface area contributed by atoms with Crippen molar-refractivity contribution in [2.24, 2.45) is 0 Å². The maximum Gasteiger partial charge on any atom is 0.178 e. The van der Waals surface area contributed by atoms with E-state index < -0.39 is 0 Å². The largest absolute Gasteiger partial charge is 0.489 e. The Morgan fingerprint density at radius 3 is 3.06 bits per heavy atom. The van der Waals surface area contributed by atoms with Crippen molar-refractivity contribution >= 4 is 31.2 Å². The van der Waals surface area contributed by atoms with Gasteiger partial charge >= 0.3 is 0 Å². The highest BCUT2D eigenvalue weighted by Crippen LogP contribution is 2.43. The number of rotatable bonds is 3. The van der Waals surface area contributed by atoms with Crippen molar-refractivity contribution in [2.75, 3.05) is 13.2 Å². The molecule has 2 rings (SSSR count). The summed E-state index contributed by atoms with van der Waals surface area (Å²) >= 11 is 3.33. The number of Topliss-reactive ketones (excluding diaryl/α,β-unsaturated/α-hetero) is 1. The third-order valence-corrected chi connectivity index (χ3v) is 3.58. The minimum absolute atomic E-state index is 0.0606. The molecule has 1 aromatic rings. The molecule has 1 aromatic heterocycles. The predicted molar refractivity (Wildman–Crippen MR) is 70.5 cm³/mol. The summed E-state index contributed by atoms with van der Waals surface area (Å²) in [5, 5.41) is 0. The van der Waals surface area contributed by atoms with Gasteiger partial charge in [0, 0.05) is 22.0 Å². The van der Waals surface area contributed by atoms with Crippen LogP contribution in [0.4, 0.5) is 0 Å². The van der Waals surface area contributed by atoms with Gasteiger partial charge < -0.3 is 9.26 Å². The van der Waals surface area contributed by atoms with Gasteiger partial charge in [-0.1, -0.05) is 0 Å². The summed E-state index contributed by atoms with van der Waals surface area (Å²) in [5.41, 5.74) is 1.16. The first-order chi connectivity index (χ1) is 7.98. The molecule has 0 aromatic carbocycles. The summed E-state index contributed by atoms with van der Waals surface area (Å²) in [6.45, 7) is 4.58. The van der Waals surface area contributed by atoms with E-state index in [9.17, 15) is 4.79 Å². The molecule has 92 valence electrons. The second kappa shape index (κ2) is 4.63. The number of hydrogen-bond donors (Lipinski definition) is 0. The zero-order chi connectivity index (χ0) is 12.6. The van der Waals surface area contributed by atoms with Crippen LogP contribution in [0, 0.1) is 0 Å². The van der Waals surface area contributed by atoms with Crippen LogP contribution >= 0.6 is 25.4 Å². The van der Waals surface area contributed by atoms with E-state index in [1.54, 1.807) is 6.07 Å². The van der Waals surface area contributed by atoms with Gasteiger partial charge in [0.25, 0.3) is 0 Å². The predicted octanol–water partition coefficient (Wildman–Crippen LogP) is 2.50. The highest BCUT2D eigenvalue weighted by atomic mass is 79.9. The fourth-order valence-corrected chi connectivity index (χ4v) is 2.77. The van der Waals surface area contributed by atoms with E-state index in [2.05, 4.69) is 30.4 Å². The minimum Gasteiger partial charge on any atom is -0.489 e. The number of hydrogen-bond acceptors (Lipinski definition) is 4. The Labute approximate surface area is 111 Å². The zero-order valence-corrected chi connectivity index (χ0v) is 12.4. The minimum atomic E-state index is -0.243. The van der Waals surface area contributed by atoms with Gasteiger partial charge in [-0.15, -0.1) is 0 Å². The molecule has 2 heterocycles. The second-order valence-electron chi connectivity index (χ2n) is 4.39. The van der Waals surface area contributed by atoms with Gasteiger partial charge in [0.05, 0.1) is 12.0 Å². The number of halogens is 1. The van der Waals surface area contributed by atoms with Crippen LogP contribution in [0.15, 0.2) is 10.7 Å². The van der Waals surface area contributed by atoms with Gasteiger partial charge in [-0.3, -0.25) is 4.79 Å². The van der Waals surface area contributed by atoms with E-state index >= 15 is 0 Å². The molecule has 1 unspecified atom stereocenters. The Kier molecular flexibility index (Phi) is 3.53. The smallest absolute Gasteiger partial charge is 0.178 e. The van der Waals surface area contributed by atoms with E-state index in [4.69, 9.17) is 9.26 Å². The number of nitrogens with zero attached hydrogens (tertiary/aromatic N) is 1. The highest BCUT2D eigenvalue weighted by molar-refractivity contribution is 9.10. The summed E-state index contributed by atoms with van der Waals surface area (Å²) in [5.74, 6) is 0.647. The van der Waals surface area contributed by atoms with Crippen LogP contribution in [0.2, 0.25) is 0 Å². The van der Waals surface area contributed by atoms with Crippen LogP contribution < -0.4 is 4.74 Å². The van der Waals surface area contributed by atoms with Crippen LogP contribution in [-0.4, -0.2) is 24.0 Å². The van der Waals surface area contributed by atoms with E-state index in [-0.39, 0.29) is 11.2 Å². The maximum absolute atomic E-state index is 11.4. The number of ether oxygens (including phenoxy) is 1. The number of pyridine rings is 1. The summed E-state index contributed by atoms with van der Waals surface area (Å²) < 4.78 is 11.3. The van der Waals surface area contributed by atoms with Gasteiger partial charge in [-0.25, -0.2) is 4.98 Å². The van der Waals surface area contributed by atoms with Crippen LogP contribution in [0.5, 0.6) is 5.75 Å². The third-order valence-electron chi connectivity index (χ3n) is 2.88. The quantitative estimate of drug-likeness (QED) is 0.488. The monoisotopic (exact) mass is 317 g/mol. The number of carbonyl (C=O) groups excluding carboxylic acids is 1. The number of carbonyl (C=O) groups is 1. The lowest BCUT2D eigenvalue weighted by atomic mass is 9.85. The zero-order valence-electron chi connectivity index (χ0n) is 9.62. The molecule has 2 atom stereocenters. The Hall–Kier alpha value is -0.510. The standard InChI is InChI=1S/C11H13BrNO3P/c1-6(14)8-3-7-9(10(12)13-8)15-4-11(7,2)5-16-17/h3H,4-5,17H2,1-2H3/t11-/m1/s1. The van der Waals surface area contributed by atoms with Gasteiger partial charge in [0.1, 0.15) is 16.9 Å². The van der Waals surface area contributed by atoms with Crippen molar-refractivity contribution in [1.82, 2.24) is 4.98 Å². The van der Waals surface area contributed by atoms with Crippen LogP contribution in [-0.2, 0) is 9.94 Å².